The fraction of sp³-hybridized carbons (Fsp3) is 0. The van der Waals surface area contributed by atoms with E-state index in [0.29, 0.717) is 0 Å². The number of hydrogen-bond acceptors (Lipinski definition) is 1. The second-order valence-electron chi connectivity index (χ2n) is 1.37. The Morgan fingerprint density at radius 2 is 1.89 bits per heavy atom. The molecule has 1 rings (SSSR count). The average Bonchev–Trinajstić information content (AvgIpc) is 2.12. The zero-order valence-corrected chi connectivity index (χ0v) is 8.01. The number of thiol groups is 1. The van der Waals surface area contributed by atoms with E-state index >= 15 is 0 Å². The second kappa shape index (κ2) is 4.17. The second-order valence-corrected chi connectivity index (χ2v) is 1.76. The van der Waals surface area contributed by atoms with E-state index in [9.17, 15) is 4.79 Å². The van der Waals surface area contributed by atoms with Gasteiger partial charge in [0.25, 0.3) is 5.24 Å². The van der Waals surface area contributed by atoms with E-state index in [1.54, 1.807) is 24.5 Å². The summed E-state index contributed by atoms with van der Waals surface area (Å²) < 4.78 is 1.39. The molecular weight excluding hydrogens is 145 g/mol. The Morgan fingerprint density at radius 1 is 1.44 bits per heavy atom. The van der Waals surface area contributed by atoms with Crippen molar-refractivity contribution in [2.75, 3.05) is 0 Å². The van der Waals surface area contributed by atoms with Crippen LogP contribution in [0.15, 0.2) is 24.5 Å². The molecule has 0 unspecified atom stereocenters. The van der Waals surface area contributed by atoms with E-state index in [1.165, 1.54) is 4.57 Å². The first-order valence-corrected chi connectivity index (χ1v) is 2.61. The minimum Gasteiger partial charge on any atom is -1.00 e. The summed E-state index contributed by atoms with van der Waals surface area (Å²) in [7, 11) is 0. The van der Waals surface area contributed by atoms with Gasteiger partial charge in [0.15, 0.2) is 0 Å². The predicted octanol–water partition coefficient (Wildman–Crippen LogP) is -1.50. The van der Waals surface area contributed by atoms with Crippen LogP contribution in [0.1, 0.15) is 1.43 Å². The van der Waals surface area contributed by atoms with Gasteiger partial charge in [-0.05, 0) is 12.1 Å². The Kier molecular flexibility index (Phi) is 4.31. The molecule has 44 valence electrons. The van der Waals surface area contributed by atoms with E-state index in [2.05, 4.69) is 12.6 Å². The maximum atomic E-state index is 10.3. The van der Waals surface area contributed by atoms with Gasteiger partial charge in [-0.2, -0.15) is 0 Å². The Labute approximate surface area is 82.4 Å². The van der Waals surface area contributed by atoms with E-state index in [1.807, 2.05) is 0 Å². The molecule has 0 amide bonds. The molecule has 0 aromatic carbocycles. The molecule has 2 nitrogen and oxygen atoms in total. The number of nitrogens with zero attached hydrogens (tertiary/aromatic N) is 1. The van der Waals surface area contributed by atoms with Crippen molar-refractivity contribution in [2.24, 2.45) is 0 Å². The summed E-state index contributed by atoms with van der Waals surface area (Å²) in [6.07, 6.45) is 3.30. The van der Waals surface area contributed by atoms with Crippen molar-refractivity contribution in [3.63, 3.8) is 0 Å². The summed E-state index contributed by atoms with van der Waals surface area (Å²) in [6, 6.07) is 3.54. The maximum absolute atomic E-state index is 10.3. The largest absolute Gasteiger partial charge is 1.00 e. The zero-order valence-electron chi connectivity index (χ0n) is 6.11. The van der Waals surface area contributed by atoms with Gasteiger partial charge in [0, 0.05) is 12.4 Å². The number of rotatable bonds is 0. The molecule has 0 aliphatic carbocycles. The van der Waals surface area contributed by atoms with Crippen LogP contribution in [-0.4, -0.2) is 9.81 Å². The fourth-order valence-corrected chi connectivity index (χ4v) is 0.595. The van der Waals surface area contributed by atoms with Crippen LogP contribution < -0.4 is 29.6 Å². The van der Waals surface area contributed by atoms with E-state index in [0.717, 1.165) is 0 Å². The quantitative estimate of drug-likeness (QED) is 0.354. The monoisotopic (exact) mass is 151 g/mol. The smallest absolute Gasteiger partial charge is 1.00 e. The van der Waals surface area contributed by atoms with Crippen LogP contribution in [0.5, 0.6) is 0 Å². The third kappa shape index (κ3) is 2.58. The van der Waals surface area contributed by atoms with Crippen LogP contribution in [0.3, 0.4) is 0 Å². The normalized spacial score (nSPS) is 8.11. The van der Waals surface area contributed by atoms with Crippen molar-refractivity contribution >= 4 is 17.9 Å². The van der Waals surface area contributed by atoms with Crippen LogP contribution in [0.2, 0.25) is 0 Å². The summed E-state index contributed by atoms with van der Waals surface area (Å²) in [5.74, 6) is 0. The van der Waals surface area contributed by atoms with Crippen LogP contribution in [0.25, 0.3) is 0 Å². The van der Waals surface area contributed by atoms with Crippen molar-refractivity contribution in [3.8, 4) is 0 Å². The van der Waals surface area contributed by atoms with Crippen molar-refractivity contribution in [1.29, 1.82) is 0 Å². The molecule has 0 radical (unpaired) electrons. The molecule has 1 aromatic rings. The Balaban J connectivity index is 0. The molecule has 0 N–H and O–H groups in total. The van der Waals surface area contributed by atoms with E-state index < -0.39 is 0 Å². The standard InChI is InChI=1S/C5H5NOS.Na.H/c7-5(8)6-3-1-2-4-6;;/h1-4H,(H,7,8);;/q;+1;-1. The Morgan fingerprint density at radius 3 is 2.11 bits per heavy atom. The summed E-state index contributed by atoms with van der Waals surface area (Å²) >= 11 is 3.58. The molecular formula is C5H6NNaOS. The Hall–Kier alpha value is 0.300. The first-order valence-electron chi connectivity index (χ1n) is 2.17. The topological polar surface area (TPSA) is 22.0 Å². The number of aromatic nitrogens is 1. The third-order valence-corrected chi connectivity index (χ3v) is 1.06. The molecule has 0 saturated heterocycles. The van der Waals surface area contributed by atoms with Gasteiger partial charge >= 0.3 is 29.6 Å². The molecule has 0 spiro atoms. The average molecular weight is 151 g/mol. The summed E-state index contributed by atoms with van der Waals surface area (Å²) in [4.78, 5) is 10.3. The van der Waals surface area contributed by atoms with Gasteiger partial charge in [-0.15, -0.1) is 0 Å². The molecule has 9 heavy (non-hydrogen) atoms. The van der Waals surface area contributed by atoms with Crippen molar-refractivity contribution < 1.29 is 35.8 Å². The molecule has 0 atom stereocenters. The van der Waals surface area contributed by atoms with Crippen LogP contribution >= 0.6 is 12.6 Å². The molecule has 0 saturated carbocycles. The molecule has 0 aliphatic rings. The van der Waals surface area contributed by atoms with Gasteiger partial charge in [-0.1, -0.05) is 12.6 Å². The van der Waals surface area contributed by atoms with Gasteiger partial charge in [0.1, 0.15) is 0 Å². The van der Waals surface area contributed by atoms with Crippen molar-refractivity contribution in [1.82, 2.24) is 4.57 Å². The first kappa shape index (κ1) is 9.30. The van der Waals surface area contributed by atoms with Gasteiger partial charge < -0.3 is 1.43 Å². The number of carbonyl (C=O) groups excluding carboxylic acids is 1. The van der Waals surface area contributed by atoms with Crippen molar-refractivity contribution in [3.05, 3.63) is 24.5 Å². The van der Waals surface area contributed by atoms with Crippen LogP contribution in [0, 0.1) is 0 Å². The van der Waals surface area contributed by atoms with Gasteiger partial charge in [-0.3, -0.25) is 9.36 Å². The van der Waals surface area contributed by atoms with Gasteiger partial charge in [0.2, 0.25) is 0 Å². The minimum atomic E-state index is -0.255. The molecule has 0 bridgehead atoms. The van der Waals surface area contributed by atoms with E-state index in [4.69, 9.17) is 0 Å². The van der Waals surface area contributed by atoms with Crippen LogP contribution in [-0.2, 0) is 0 Å². The summed E-state index contributed by atoms with van der Waals surface area (Å²) in [6.45, 7) is 0. The summed E-state index contributed by atoms with van der Waals surface area (Å²) in [5.41, 5.74) is 0. The van der Waals surface area contributed by atoms with Crippen LogP contribution in [0.4, 0.5) is 4.79 Å². The van der Waals surface area contributed by atoms with E-state index in [-0.39, 0.29) is 36.2 Å². The number of hydrogen-bond donors (Lipinski definition) is 1. The first-order chi connectivity index (χ1) is 3.80. The van der Waals surface area contributed by atoms with Crippen molar-refractivity contribution in [2.45, 2.75) is 0 Å². The number of carbonyl (C=O) groups is 1. The zero-order chi connectivity index (χ0) is 5.98. The fourth-order valence-electron chi connectivity index (χ4n) is 0.462. The molecule has 1 heterocycles. The third-order valence-electron chi connectivity index (χ3n) is 0.825. The summed E-state index contributed by atoms with van der Waals surface area (Å²) in [5, 5.41) is -0.255. The SMILES string of the molecule is O=C(S)n1cccc1.[H-].[Na+]. The Bertz CT molecular complexity index is 190. The molecule has 0 fully saturated rings. The minimum absolute atomic E-state index is 0. The molecule has 4 heteroatoms. The molecule has 1 aromatic heterocycles. The van der Waals surface area contributed by atoms with Gasteiger partial charge in [-0.25, -0.2) is 0 Å². The molecule has 0 aliphatic heterocycles. The maximum Gasteiger partial charge on any atom is 1.00 e. The van der Waals surface area contributed by atoms with Gasteiger partial charge in [0.05, 0.1) is 0 Å². The predicted molar refractivity (Wildman–Crippen MR) is 35.3 cm³/mol.